The number of nitrogens with one attached hydrogen (secondary N) is 1. The van der Waals surface area contributed by atoms with E-state index in [-0.39, 0.29) is 16.8 Å². The third-order valence-corrected chi connectivity index (χ3v) is 5.84. The molecule has 0 aliphatic rings. The standard InChI is InChI=1S/C17H17N5O3S2/c1-4-13(26-16-18-9(2)7-10(3)19-16)15(23)21-17-20-12-6-5-11(22(24)25)8-14(12)27-17/h5-8,13H,4H2,1-3H3,(H,20,21,23)/t13-/m1/s1. The number of hydrogen-bond donors (Lipinski definition) is 1. The van der Waals surface area contributed by atoms with E-state index in [2.05, 4.69) is 20.3 Å². The molecule has 0 aliphatic heterocycles. The van der Waals surface area contributed by atoms with Gasteiger partial charge in [0, 0.05) is 23.5 Å². The predicted octanol–water partition coefficient (Wildman–Crippen LogP) is 4.12. The topological polar surface area (TPSA) is 111 Å². The van der Waals surface area contributed by atoms with E-state index in [0.29, 0.717) is 26.9 Å². The molecule has 8 nitrogen and oxygen atoms in total. The molecule has 1 N–H and O–H groups in total. The van der Waals surface area contributed by atoms with Crippen LogP contribution < -0.4 is 5.32 Å². The Balaban J connectivity index is 1.76. The number of nitro groups is 1. The van der Waals surface area contributed by atoms with Crippen LogP contribution in [-0.4, -0.2) is 31.0 Å². The van der Waals surface area contributed by atoms with Crippen LogP contribution in [0.3, 0.4) is 0 Å². The van der Waals surface area contributed by atoms with Gasteiger partial charge in [-0.05, 0) is 32.4 Å². The highest BCUT2D eigenvalue weighted by molar-refractivity contribution is 8.00. The summed E-state index contributed by atoms with van der Waals surface area (Å²) in [5, 5.41) is 14.3. The molecule has 0 saturated heterocycles. The molecular weight excluding hydrogens is 386 g/mol. The van der Waals surface area contributed by atoms with Crippen molar-refractivity contribution in [1.29, 1.82) is 0 Å². The molecule has 27 heavy (non-hydrogen) atoms. The van der Waals surface area contributed by atoms with Crippen LogP contribution >= 0.6 is 23.1 Å². The van der Waals surface area contributed by atoms with Crippen LogP contribution in [-0.2, 0) is 4.79 Å². The summed E-state index contributed by atoms with van der Waals surface area (Å²) >= 11 is 2.52. The summed E-state index contributed by atoms with van der Waals surface area (Å²) in [7, 11) is 0. The Hall–Kier alpha value is -2.59. The quantitative estimate of drug-likeness (QED) is 0.285. The van der Waals surface area contributed by atoms with Gasteiger partial charge in [0.25, 0.3) is 5.69 Å². The van der Waals surface area contributed by atoms with Crippen LogP contribution in [0.25, 0.3) is 10.2 Å². The number of benzene rings is 1. The van der Waals surface area contributed by atoms with E-state index in [1.807, 2.05) is 26.8 Å². The van der Waals surface area contributed by atoms with Crippen LogP contribution in [0, 0.1) is 24.0 Å². The van der Waals surface area contributed by atoms with Crippen molar-refractivity contribution in [3.05, 3.63) is 45.8 Å². The zero-order chi connectivity index (χ0) is 19.6. The first-order valence-electron chi connectivity index (χ1n) is 8.20. The maximum Gasteiger partial charge on any atom is 0.270 e. The fourth-order valence-electron chi connectivity index (χ4n) is 2.46. The van der Waals surface area contributed by atoms with E-state index >= 15 is 0 Å². The highest BCUT2D eigenvalue weighted by Crippen LogP contribution is 2.30. The first-order chi connectivity index (χ1) is 12.9. The van der Waals surface area contributed by atoms with Crippen molar-refractivity contribution in [2.24, 2.45) is 0 Å². The van der Waals surface area contributed by atoms with Gasteiger partial charge < -0.3 is 5.32 Å². The average Bonchev–Trinajstić information content (AvgIpc) is 2.99. The number of nitro benzene ring substituents is 1. The van der Waals surface area contributed by atoms with Gasteiger partial charge >= 0.3 is 0 Å². The van der Waals surface area contributed by atoms with Crippen LogP contribution in [0.5, 0.6) is 0 Å². The highest BCUT2D eigenvalue weighted by Gasteiger charge is 2.21. The fraction of sp³-hybridized carbons (Fsp3) is 0.294. The molecule has 2 aromatic heterocycles. The van der Waals surface area contributed by atoms with Gasteiger partial charge in [-0.1, -0.05) is 30.0 Å². The first-order valence-corrected chi connectivity index (χ1v) is 9.90. The van der Waals surface area contributed by atoms with Crippen molar-refractivity contribution in [1.82, 2.24) is 15.0 Å². The van der Waals surface area contributed by atoms with Gasteiger partial charge in [-0.3, -0.25) is 14.9 Å². The average molecular weight is 403 g/mol. The van der Waals surface area contributed by atoms with E-state index in [4.69, 9.17) is 0 Å². The van der Waals surface area contributed by atoms with Gasteiger partial charge in [-0.15, -0.1) is 0 Å². The third-order valence-electron chi connectivity index (χ3n) is 3.69. The zero-order valence-corrected chi connectivity index (χ0v) is 16.6. The number of carbonyl (C=O) groups is 1. The number of non-ortho nitro benzene ring substituents is 1. The molecule has 1 aromatic carbocycles. The van der Waals surface area contributed by atoms with E-state index in [1.54, 1.807) is 6.07 Å². The molecule has 1 amide bonds. The Morgan fingerprint density at radius 3 is 2.59 bits per heavy atom. The molecule has 3 aromatic rings. The number of hydrogen-bond acceptors (Lipinski definition) is 8. The van der Waals surface area contributed by atoms with E-state index in [9.17, 15) is 14.9 Å². The minimum absolute atomic E-state index is 0.00187. The number of aryl methyl sites for hydroxylation is 2. The second kappa shape index (κ2) is 7.97. The van der Waals surface area contributed by atoms with Crippen molar-refractivity contribution in [2.75, 3.05) is 5.32 Å². The largest absolute Gasteiger partial charge is 0.301 e. The smallest absolute Gasteiger partial charge is 0.270 e. The molecule has 0 aliphatic carbocycles. The summed E-state index contributed by atoms with van der Waals surface area (Å²) in [5.41, 5.74) is 2.32. The number of thiazole rings is 1. The monoisotopic (exact) mass is 403 g/mol. The lowest BCUT2D eigenvalue weighted by Crippen LogP contribution is -2.24. The van der Waals surface area contributed by atoms with Crippen molar-refractivity contribution in [2.45, 2.75) is 37.6 Å². The molecule has 2 heterocycles. The van der Waals surface area contributed by atoms with Crippen LogP contribution in [0.4, 0.5) is 10.8 Å². The molecule has 0 fully saturated rings. The molecule has 0 saturated carbocycles. The number of anilines is 1. The van der Waals surface area contributed by atoms with E-state index < -0.39 is 4.92 Å². The summed E-state index contributed by atoms with van der Waals surface area (Å²) in [5.74, 6) is -0.196. The number of rotatable bonds is 6. The number of fused-ring (bicyclic) bond motifs is 1. The van der Waals surface area contributed by atoms with Crippen LogP contribution in [0.1, 0.15) is 24.7 Å². The second-order valence-electron chi connectivity index (χ2n) is 5.87. The van der Waals surface area contributed by atoms with Gasteiger partial charge in [-0.2, -0.15) is 0 Å². The number of amides is 1. The molecular formula is C17H17N5O3S2. The number of nitrogens with zero attached hydrogens (tertiary/aromatic N) is 4. The number of carbonyl (C=O) groups excluding carboxylic acids is 1. The summed E-state index contributed by atoms with van der Waals surface area (Å²) in [6, 6.07) is 6.31. The van der Waals surface area contributed by atoms with Crippen molar-refractivity contribution in [3.8, 4) is 0 Å². The van der Waals surface area contributed by atoms with Gasteiger partial charge in [0.1, 0.15) is 0 Å². The third kappa shape index (κ3) is 4.58. The molecule has 0 radical (unpaired) electrons. The lowest BCUT2D eigenvalue weighted by Gasteiger charge is -2.13. The Morgan fingerprint density at radius 1 is 1.26 bits per heavy atom. The van der Waals surface area contributed by atoms with E-state index in [1.165, 1.54) is 35.2 Å². The van der Waals surface area contributed by atoms with Crippen molar-refractivity contribution in [3.63, 3.8) is 0 Å². The van der Waals surface area contributed by atoms with Gasteiger partial charge in [0.2, 0.25) is 5.91 Å². The van der Waals surface area contributed by atoms with Gasteiger partial charge in [0.05, 0.1) is 20.4 Å². The molecule has 0 bridgehead atoms. The molecule has 10 heteroatoms. The lowest BCUT2D eigenvalue weighted by atomic mass is 10.3. The summed E-state index contributed by atoms with van der Waals surface area (Å²) in [6.07, 6.45) is 0.600. The molecule has 0 unspecified atom stereocenters. The van der Waals surface area contributed by atoms with Crippen molar-refractivity contribution < 1.29 is 9.72 Å². The SMILES string of the molecule is CC[C@@H](Sc1nc(C)cc(C)n1)C(=O)Nc1nc2ccc([N+](=O)[O-])cc2s1. The lowest BCUT2D eigenvalue weighted by molar-refractivity contribution is -0.384. The summed E-state index contributed by atoms with van der Waals surface area (Å²) in [4.78, 5) is 36.1. The normalized spacial score (nSPS) is 12.1. The first kappa shape index (κ1) is 19.2. The van der Waals surface area contributed by atoms with Crippen LogP contribution in [0.15, 0.2) is 29.4 Å². The minimum atomic E-state index is -0.453. The predicted molar refractivity (Wildman–Crippen MR) is 106 cm³/mol. The zero-order valence-electron chi connectivity index (χ0n) is 14.9. The summed E-state index contributed by atoms with van der Waals surface area (Å²) in [6.45, 7) is 5.70. The summed E-state index contributed by atoms with van der Waals surface area (Å²) < 4.78 is 0.651. The molecule has 1 atom stereocenters. The Morgan fingerprint density at radius 2 is 1.96 bits per heavy atom. The van der Waals surface area contributed by atoms with Crippen molar-refractivity contribution >= 4 is 50.0 Å². The molecule has 3 rings (SSSR count). The maximum absolute atomic E-state index is 12.6. The fourth-order valence-corrected chi connectivity index (χ4v) is 4.34. The minimum Gasteiger partial charge on any atom is -0.301 e. The molecule has 0 spiro atoms. The Labute approximate surface area is 163 Å². The Kier molecular flexibility index (Phi) is 5.66. The van der Waals surface area contributed by atoms with Gasteiger partial charge in [0.15, 0.2) is 10.3 Å². The maximum atomic E-state index is 12.6. The second-order valence-corrected chi connectivity index (χ2v) is 8.07. The van der Waals surface area contributed by atoms with E-state index in [0.717, 1.165) is 11.4 Å². The number of aromatic nitrogens is 3. The van der Waals surface area contributed by atoms with Crippen LogP contribution in [0.2, 0.25) is 0 Å². The highest BCUT2D eigenvalue weighted by atomic mass is 32.2. The number of thioether (sulfide) groups is 1. The Bertz CT molecular complexity index is 1000. The van der Waals surface area contributed by atoms with Gasteiger partial charge in [-0.25, -0.2) is 15.0 Å². The molecule has 140 valence electrons.